The Morgan fingerprint density at radius 2 is 1.89 bits per heavy atom. The summed E-state index contributed by atoms with van der Waals surface area (Å²) in [6.45, 7) is 0.977. The monoisotopic (exact) mass is 382 g/mol. The van der Waals surface area contributed by atoms with Gasteiger partial charge in [0.1, 0.15) is 23.2 Å². The molecule has 2 amide bonds. The number of nitriles is 1. The Kier molecular flexibility index (Phi) is 5.26. The first kappa shape index (κ1) is 18.6. The lowest BCUT2D eigenvalue weighted by Crippen LogP contribution is -2.44. The lowest BCUT2D eigenvalue weighted by molar-refractivity contribution is -0.140. The van der Waals surface area contributed by atoms with E-state index in [9.17, 15) is 14.9 Å². The van der Waals surface area contributed by atoms with Crippen LogP contribution in [0, 0.1) is 11.3 Å². The third-order valence-corrected chi connectivity index (χ3v) is 4.44. The first-order valence-corrected chi connectivity index (χ1v) is 8.50. The summed E-state index contributed by atoms with van der Waals surface area (Å²) in [5.41, 5.74) is 1.16. The lowest BCUT2D eigenvalue weighted by atomic mass is 9.95. The highest BCUT2D eigenvalue weighted by Gasteiger charge is 2.35. The van der Waals surface area contributed by atoms with Gasteiger partial charge in [-0.15, -0.1) is 0 Å². The molecule has 1 N–H and O–H groups in total. The second kappa shape index (κ2) is 7.62. The number of hydrogen-bond acceptors (Lipinski definition) is 5. The molecule has 1 aliphatic rings. The summed E-state index contributed by atoms with van der Waals surface area (Å²) in [4.78, 5) is 25.7. The number of imide groups is 1. The van der Waals surface area contributed by atoms with Crippen molar-refractivity contribution in [3.8, 4) is 17.4 Å². The van der Waals surface area contributed by atoms with E-state index >= 15 is 0 Å². The van der Waals surface area contributed by atoms with Crippen LogP contribution in [0.25, 0.3) is 17.4 Å². The standard InChI is InChI=1S/C20H15ClN2O4/c1-12-16(19(25)23(8-9-24)20(26)17(12)11-22)10-15-6-7-18(27-15)13-2-4-14(21)5-3-13/h2-7,10,24H,8-9H2,1H3. The van der Waals surface area contributed by atoms with Gasteiger partial charge in [-0.2, -0.15) is 5.26 Å². The summed E-state index contributed by atoms with van der Waals surface area (Å²) < 4.78 is 5.77. The van der Waals surface area contributed by atoms with Crippen LogP contribution in [0.5, 0.6) is 0 Å². The molecule has 1 aliphatic heterocycles. The maximum atomic E-state index is 12.6. The Bertz CT molecular complexity index is 1010. The van der Waals surface area contributed by atoms with Gasteiger partial charge < -0.3 is 9.52 Å². The second-order valence-electron chi connectivity index (χ2n) is 5.86. The Morgan fingerprint density at radius 3 is 2.52 bits per heavy atom. The number of benzene rings is 1. The number of carbonyl (C=O) groups excluding carboxylic acids is 2. The predicted molar refractivity (Wildman–Crippen MR) is 99.2 cm³/mol. The zero-order valence-electron chi connectivity index (χ0n) is 14.4. The van der Waals surface area contributed by atoms with E-state index in [1.807, 2.05) is 18.2 Å². The van der Waals surface area contributed by atoms with Crippen molar-refractivity contribution in [2.45, 2.75) is 6.92 Å². The number of rotatable bonds is 4. The molecule has 0 aliphatic carbocycles. The first-order chi connectivity index (χ1) is 13.0. The number of β-amino-alcohol motifs (C(OH)–C–C–N with tert-alkyl or cyclic N) is 1. The van der Waals surface area contributed by atoms with Crippen LogP contribution in [0.1, 0.15) is 12.7 Å². The number of furan rings is 1. The summed E-state index contributed by atoms with van der Waals surface area (Å²) in [5, 5.41) is 19.0. The van der Waals surface area contributed by atoms with Crippen LogP contribution in [-0.4, -0.2) is 35.0 Å². The van der Waals surface area contributed by atoms with E-state index in [2.05, 4.69) is 0 Å². The maximum absolute atomic E-state index is 12.6. The molecule has 1 aromatic heterocycles. The molecule has 0 fully saturated rings. The fourth-order valence-corrected chi connectivity index (χ4v) is 2.90. The topological polar surface area (TPSA) is 94.5 Å². The molecular weight excluding hydrogens is 368 g/mol. The van der Waals surface area contributed by atoms with Crippen molar-refractivity contribution in [2.24, 2.45) is 0 Å². The summed E-state index contributed by atoms with van der Waals surface area (Å²) in [6, 6.07) is 12.4. The fraction of sp³-hybridized carbons (Fsp3) is 0.150. The Hall–Kier alpha value is -3.14. The van der Waals surface area contributed by atoms with Crippen LogP contribution in [-0.2, 0) is 9.59 Å². The van der Waals surface area contributed by atoms with Crippen LogP contribution in [0.4, 0.5) is 0 Å². The number of amides is 2. The smallest absolute Gasteiger partial charge is 0.271 e. The van der Waals surface area contributed by atoms with Gasteiger partial charge in [0.15, 0.2) is 0 Å². The number of carbonyl (C=O) groups is 2. The summed E-state index contributed by atoms with van der Waals surface area (Å²) in [5.74, 6) is -0.284. The molecule has 3 rings (SSSR count). The van der Waals surface area contributed by atoms with E-state index in [-0.39, 0.29) is 29.9 Å². The number of halogens is 1. The molecule has 0 radical (unpaired) electrons. The van der Waals surface area contributed by atoms with E-state index in [0.29, 0.717) is 16.5 Å². The molecular formula is C20H15ClN2O4. The fourth-order valence-electron chi connectivity index (χ4n) is 2.77. The molecule has 27 heavy (non-hydrogen) atoms. The Morgan fingerprint density at radius 1 is 1.19 bits per heavy atom. The van der Waals surface area contributed by atoms with Gasteiger partial charge in [0.2, 0.25) is 0 Å². The van der Waals surface area contributed by atoms with Gasteiger partial charge in [-0.25, -0.2) is 0 Å². The third kappa shape index (κ3) is 3.56. The number of hydrogen-bond donors (Lipinski definition) is 1. The molecule has 6 nitrogen and oxygen atoms in total. The predicted octanol–water partition coefficient (Wildman–Crippen LogP) is 3.18. The van der Waals surface area contributed by atoms with Gasteiger partial charge in [0, 0.05) is 16.2 Å². The van der Waals surface area contributed by atoms with E-state index in [1.165, 1.54) is 6.08 Å². The van der Waals surface area contributed by atoms with Gasteiger partial charge >= 0.3 is 0 Å². The molecule has 7 heteroatoms. The highest BCUT2D eigenvalue weighted by molar-refractivity contribution is 6.30. The average molecular weight is 383 g/mol. The molecule has 0 saturated carbocycles. The third-order valence-electron chi connectivity index (χ3n) is 4.19. The minimum absolute atomic E-state index is 0.126. The highest BCUT2D eigenvalue weighted by Crippen LogP contribution is 2.29. The molecule has 136 valence electrons. The summed E-state index contributed by atoms with van der Waals surface area (Å²) >= 11 is 5.88. The number of aliphatic hydroxyl groups excluding tert-OH is 1. The minimum Gasteiger partial charge on any atom is -0.457 e. The van der Waals surface area contributed by atoms with Crippen LogP contribution in [0.3, 0.4) is 0 Å². The normalized spacial score (nSPS) is 16.2. The average Bonchev–Trinajstić information content (AvgIpc) is 3.12. The van der Waals surface area contributed by atoms with E-state index in [0.717, 1.165) is 10.5 Å². The van der Waals surface area contributed by atoms with Crippen molar-refractivity contribution in [3.63, 3.8) is 0 Å². The van der Waals surface area contributed by atoms with Crippen molar-refractivity contribution in [1.29, 1.82) is 5.26 Å². The molecule has 0 saturated heterocycles. The highest BCUT2D eigenvalue weighted by atomic mass is 35.5. The van der Waals surface area contributed by atoms with E-state index in [4.69, 9.17) is 21.1 Å². The molecule has 2 heterocycles. The van der Waals surface area contributed by atoms with Gasteiger partial charge in [-0.05, 0) is 55.0 Å². The SMILES string of the molecule is CC1=C(C#N)C(=O)N(CCO)C(=O)C1=Cc1ccc(-c2ccc(Cl)cc2)o1. The zero-order valence-corrected chi connectivity index (χ0v) is 15.2. The zero-order chi connectivity index (χ0) is 19.6. The molecule has 1 aromatic carbocycles. The largest absolute Gasteiger partial charge is 0.457 e. The van der Waals surface area contributed by atoms with Crippen molar-refractivity contribution in [1.82, 2.24) is 4.90 Å². The molecule has 0 spiro atoms. The van der Waals surface area contributed by atoms with Gasteiger partial charge in [0.25, 0.3) is 11.8 Å². The molecule has 0 bridgehead atoms. The van der Waals surface area contributed by atoms with Crippen LogP contribution >= 0.6 is 11.6 Å². The van der Waals surface area contributed by atoms with Gasteiger partial charge in [-0.3, -0.25) is 14.5 Å². The van der Waals surface area contributed by atoms with Crippen LogP contribution in [0.15, 0.2) is 57.5 Å². The van der Waals surface area contributed by atoms with Crippen LogP contribution < -0.4 is 0 Å². The Labute approximate surface area is 160 Å². The van der Waals surface area contributed by atoms with Gasteiger partial charge in [-0.1, -0.05) is 11.6 Å². The Balaban J connectivity index is 2.01. The quantitative estimate of drug-likeness (QED) is 0.647. The summed E-state index contributed by atoms with van der Waals surface area (Å²) in [7, 11) is 0. The molecule has 0 unspecified atom stereocenters. The molecule has 2 aromatic rings. The van der Waals surface area contributed by atoms with Crippen molar-refractivity contribution in [2.75, 3.05) is 13.2 Å². The van der Waals surface area contributed by atoms with Crippen molar-refractivity contribution in [3.05, 3.63) is 63.9 Å². The minimum atomic E-state index is -0.701. The van der Waals surface area contributed by atoms with E-state index < -0.39 is 11.8 Å². The number of aliphatic hydroxyl groups is 1. The lowest BCUT2D eigenvalue weighted by Gasteiger charge is -2.26. The van der Waals surface area contributed by atoms with Crippen LogP contribution in [0.2, 0.25) is 5.02 Å². The first-order valence-electron chi connectivity index (χ1n) is 8.12. The van der Waals surface area contributed by atoms with Crippen molar-refractivity contribution < 1.29 is 19.1 Å². The van der Waals surface area contributed by atoms with E-state index in [1.54, 1.807) is 31.2 Å². The second-order valence-corrected chi connectivity index (χ2v) is 6.30. The maximum Gasteiger partial charge on any atom is 0.271 e. The molecule has 0 atom stereocenters. The number of nitrogens with zero attached hydrogens (tertiary/aromatic N) is 2. The van der Waals surface area contributed by atoms with Crippen molar-refractivity contribution >= 4 is 29.5 Å². The summed E-state index contributed by atoms with van der Waals surface area (Å²) in [6.07, 6.45) is 1.49. The van der Waals surface area contributed by atoms with Gasteiger partial charge in [0.05, 0.1) is 13.2 Å².